The van der Waals surface area contributed by atoms with E-state index in [2.05, 4.69) is 5.32 Å². The van der Waals surface area contributed by atoms with Gasteiger partial charge < -0.3 is 10.1 Å². The van der Waals surface area contributed by atoms with Gasteiger partial charge in [0, 0.05) is 12.2 Å². The van der Waals surface area contributed by atoms with E-state index in [-0.39, 0.29) is 5.56 Å². The number of benzene rings is 2. The number of nitrogens with one attached hydrogen (secondary N) is 1. The maximum absolute atomic E-state index is 12.3. The summed E-state index contributed by atoms with van der Waals surface area (Å²) in [5.41, 5.74) is 3.32. The van der Waals surface area contributed by atoms with Crippen molar-refractivity contribution in [2.75, 3.05) is 29.0 Å². The Morgan fingerprint density at radius 3 is 2.64 bits per heavy atom. The van der Waals surface area contributed by atoms with Crippen LogP contribution in [0.4, 0.5) is 11.4 Å². The number of aryl methyl sites for hydroxylation is 1. The molecule has 1 heterocycles. The Kier molecular flexibility index (Phi) is 5.69. The molecule has 2 aromatic carbocycles. The zero-order valence-electron chi connectivity index (χ0n) is 15.8. The van der Waals surface area contributed by atoms with Crippen molar-refractivity contribution in [2.45, 2.75) is 19.8 Å². The van der Waals surface area contributed by atoms with Gasteiger partial charge >= 0.3 is 5.97 Å². The first kappa shape index (κ1) is 19.9. The number of carbonyl (C=O) groups is 2. The van der Waals surface area contributed by atoms with E-state index in [1.54, 1.807) is 18.2 Å². The van der Waals surface area contributed by atoms with Crippen LogP contribution < -0.4 is 9.62 Å². The van der Waals surface area contributed by atoms with Crippen molar-refractivity contribution in [1.82, 2.24) is 0 Å². The molecular formula is C20H22N2O5S. The lowest BCUT2D eigenvalue weighted by atomic mass is 10.1. The zero-order chi connectivity index (χ0) is 20.3. The lowest BCUT2D eigenvalue weighted by molar-refractivity contribution is -0.119. The second-order valence-electron chi connectivity index (χ2n) is 6.56. The van der Waals surface area contributed by atoms with Crippen LogP contribution in [0.3, 0.4) is 0 Å². The molecule has 0 aromatic heterocycles. The smallest absolute Gasteiger partial charge is 0.338 e. The number of ether oxygens (including phenoxy) is 1. The van der Waals surface area contributed by atoms with E-state index < -0.39 is 28.5 Å². The van der Waals surface area contributed by atoms with Crippen LogP contribution in [0.1, 0.15) is 28.4 Å². The topological polar surface area (TPSA) is 92.8 Å². The second kappa shape index (κ2) is 8.02. The number of amides is 1. The highest BCUT2D eigenvalue weighted by Gasteiger charge is 2.27. The predicted octanol–water partition coefficient (Wildman–Crippen LogP) is 2.37. The molecule has 1 N–H and O–H groups in total. The third-order valence-corrected chi connectivity index (χ3v) is 5.76. The molecule has 0 radical (unpaired) electrons. The molecule has 7 nitrogen and oxygen atoms in total. The number of hydrogen-bond acceptors (Lipinski definition) is 5. The number of carbonyl (C=O) groups excluding carboxylic acids is 2. The van der Waals surface area contributed by atoms with Gasteiger partial charge in [0.25, 0.3) is 5.91 Å². The Morgan fingerprint density at radius 1 is 1.18 bits per heavy atom. The van der Waals surface area contributed by atoms with Gasteiger partial charge in [-0.15, -0.1) is 0 Å². The minimum absolute atomic E-state index is 0.288. The van der Waals surface area contributed by atoms with E-state index in [4.69, 9.17) is 4.74 Å². The summed E-state index contributed by atoms with van der Waals surface area (Å²) < 4.78 is 30.0. The molecule has 148 valence electrons. The number of rotatable bonds is 6. The standard InChI is InChI=1S/C20H22N2O5S/c1-3-14-6-4-5-7-17(14)21-19(23)13-27-20(24)16-8-9-18-15(12-16)10-11-22(18)28(2,25)26/h4-9,12H,3,10-11,13H2,1-2H3,(H,21,23). The Hall–Kier alpha value is -2.87. The lowest BCUT2D eigenvalue weighted by Gasteiger charge is -2.16. The van der Waals surface area contributed by atoms with E-state index in [1.807, 2.05) is 25.1 Å². The Balaban J connectivity index is 1.62. The van der Waals surface area contributed by atoms with Crippen LogP contribution in [-0.2, 0) is 32.4 Å². The largest absolute Gasteiger partial charge is 0.452 e. The molecule has 0 aliphatic carbocycles. The Bertz CT molecular complexity index is 1020. The van der Waals surface area contributed by atoms with Gasteiger partial charge in [-0.2, -0.15) is 0 Å². The molecular weight excluding hydrogens is 380 g/mol. The molecule has 2 aromatic rings. The summed E-state index contributed by atoms with van der Waals surface area (Å²) in [5.74, 6) is -1.04. The molecule has 8 heteroatoms. The monoisotopic (exact) mass is 402 g/mol. The van der Waals surface area contributed by atoms with Crippen molar-refractivity contribution in [3.8, 4) is 0 Å². The summed E-state index contributed by atoms with van der Waals surface area (Å²) in [5, 5.41) is 2.74. The summed E-state index contributed by atoms with van der Waals surface area (Å²) in [6, 6.07) is 12.2. The van der Waals surface area contributed by atoms with Crippen molar-refractivity contribution in [3.05, 3.63) is 59.2 Å². The Morgan fingerprint density at radius 2 is 1.93 bits per heavy atom. The number of fused-ring (bicyclic) bond motifs is 1. The number of anilines is 2. The van der Waals surface area contributed by atoms with Gasteiger partial charge in [0.15, 0.2) is 6.61 Å². The maximum atomic E-state index is 12.3. The highest BCUT2D eigenvalue weighted by Crippen LogP contribution is 2.30. The summed E-state index contributed by atoms with van der Waals surface area (Å²) >= 11 is 0. The van der Waals surface area contributed by atoms with Gasteiger partial charge in [-0.25, -0.2) is 13.2 Å². The summed E-state index contributed by atoms with van der Waals surface area (Å²) in [4.78, 5) is 24.4. The molecule has 0 unspecified atom stereocenters. The van der Waals surface area contributed by atoms with Crippen molar-refractivity contribution in [3.63, 3.8) is 0 Å². The molecule has 1 aliphatic heterocycles. The van der Waals surface area contributed by atoms with E-state index in [9.17, 15) is 18.0 Å². The Labute approximate surface area is 164 Å². The van der Waals surface area contributed by atoms with Crippen LogP contribution in [0.2, 0.25) is 0 Å². The summed E-state index contributed by atoms with van der Waals surface area (Å²) in [6.45, 7) is 1.94. The van der Waals surface area contributed by atoms with Gasteiger partial charge in [-0.05, 0) is 48.2 Å². The van der Waals surface area contributed by atoms with Crippen molar-refractivity contribution < 1.29 is 22.7 Å². The van der Waals surface area contributed by atoms with Crippen LogP contribution in [0.15, 0.2) is 42.5 Å². The molecule has 0 saturated carbocycles. The van der Waals surface area contributed by atoms with Gasteiger partial charge in [0.1, 0.15) is 0 Å². The van der Waals surface area contributed by atoms with Crippen molar-refractivity contribution in [1.29, 1.82) is 0 Å². The van der Waals surface area contributed by atoms with Crippen LogP contribution in [0, 0.1) is 0 Å². The van der Waals surface area contributed by atoms with E-state index in [0.717, 1.165) is 23.8 Å². The summed E-state index contributed by atoms with van der Waals surface area (Å²) in [6.07, 6.45) is 2.45. The normalized spacial score (nSPS) is 13.1. The molecule has 0 spiro atoms. The lowest BCUT2D eigenvalue weighted by Crippen LogP contribution is -2.27. The van der Waals surface area contributed by atoms with Crippen LogP contribution in [0.5, 0.6) is 0 Å². The van der Waals surface area contributed by atoms with Gasteiger partial charge in [0.05, 0.1) is 17.5 Å². The predicted molar refractivity (Wildman–Crippen MR) is 107 cm³/mol. The molecule has 0 atom stereocenters. The fourth-order valence-electron chi connectivity index (χ4n) is 3.19. The highest BCUT2D eigenvalue weighted by atomic mass is 32.2. The quantitative estimate of drug-likeness (QED) is 0.749. The van der Waals surface area contributed by atoms with E-state index in [1.165, 1.54) is 10.4 Å². The average Bonchev–Trinajstić information content (AvgIpc) is 3.10. The molecule has 0 saturated heterocycles. The first-order valence-corrected chi connectivity index (χ1v) is 10.8. The number of para-hydroxylation sites is 1. The van der Waals surface area contributed by atoms with Crippen molar-refractivity contribution >= 4 is 33.3 Å². The molecule has 0 fully saturated rings. The van der Waals surface area contributed by atoms with Gasteiger partial charge in [-0.1, -0.05) is 25.1 Å². The van der Waals surface area contributed by atoms with E-state index >= 15 is 0 Å². The molecule has 1 amide bonds. The van der Waals surface area contributed by atoms with Gasteiger partial charge in [0.2, 0.25) is 10.0 Å². The van der Waals surface area contributed by atoms with Gasteiger partial charge in [-0.3, -0.25) is 9.10 Å². The highest BCUT2D eigenvalue weighted by molar-refractivity contribution is 7.92. The fraction of sp³-hybridized carbons (Fsp3) is 0.300. The number of nitrogens with zero attached hydrogens (tertiary/aromatic N) is 1. The minimum Gasteiger partial charge on any atom is -0.452 e. The first-order valence-electron chi connectivity index (χ1n) is 8.95. The number of esters is 1. The zero-order valence-corrected chi connectivity index (χ0v) is 16.6. The van der Waals surface area contributed by atoms with Crippen LogP contribution in [-0.4, -0.2) is 39.7 Å². The molecule has 28 heavy (non-hydrogen) atoms. The molecule has 0 bridgehead atoms. The maximum Gasteiger partial charge on any atom is 0.338 e. The van der Waals surface area contributed by atoms with E-state index in [0.29, 0.717) is 24.3 Å². The molecule has 3 rings (SSSR count). The van der Waals surface area contributed by atoms with Crippen LogP contribution in [0.25, 0.3) is 0 Å². The molecule has 1 aliphatic rings. The second-order valence-corrected chi connectivity index (χ2v) is 8.47. The van der Waals surface area contributed by atoms with Crippen LogP contribution >= 0.6 is 0 Å². The summed E-state index contributed by atoms with van der Waals surface area (Å²) in [7, 11) is -3.34. The third-order valence-electron chi connectivity index (χ3n) is 4.58. The first-order chi connectivity index (χ1) is 13.3. The average molecular weight is 402 g/mol. The van der Waals surface area contributed by atoms with Crippen molar-refractivity contribution in [2.24, 2.45) is 0 Å². The minimum atomic E-state index is -3.34. The SMILES string of the molecule is CCc1ccccc1NC(=O)COC(=O)c1ccc2c(c1)CCN2S(C)(=O)=O. The third kappa shape index (κ3) is 4.33. The fourth-order valence-corrected chi connectivity index (χ4v) is 4.15. The number of hydrogen-bond donors (Lipinski definition) is 1. The number of sulfonamides is 1.